The molecular formula is C23H26FN3O5S. The van der Waals surface area contributed by atoms with Gasteiger partial charge in [0, 0.05) is 13.1 Å². The Morgan fingerprint density at radius 1 is 1.12 bits per heavy atom. The monoisotopic (exact) mass is 475 g/mol. The number of hydrogen-bond acceptors (Lipinski definition) is 5. The number of unbranched alkanes of at least 4 members (excludes halogenated alkanes) is 1. The van der Waals surface area contributed by atoms with Crippen molar-refractivity contribution in [2.75, 3.05) is 13.1 Å². The molecule has 1 atom stereocenters. The van der Waals surface area contributed by atoms with Crippen LogP contribution in [0.1, 0.15) is 42.6 Å². The molecule has 0 radical (unpaired) electrons. The van der Waals surface area contributed by atoms with Gasteiger partial charge in [-0.25, -0.2) is 17.1 Å². The quantitative estimate of drug-likeness (QED) is 0.561. The summed E-state index contributed by atoms with van der Waals surface area (Å²) >= 11 is 0. The number of fused-ring (bicyclic) bond motifs is 1. The van der Waals surface area contributed by atoms with Gasteiger partial charge in [-0.2, -0.15) is 0 Å². The van der Waals surface area contributed by atoms with Gasteiger partial charge in [0.2, 0.25) is 11.8 Å². The first-order chi connectivity index (χ1) is 15.7. The summed E-state index contributed by atoms with van der Waals surface area (Å²) in [6, 6.07) is 10.2. The average Bonchev–Trinajstić information content (AvgIpc) is 2.99. The lowest BCUT2D eigenvalue weighted by Gasteiger charge is -2.30. The zero-order valence-corrected chi connectivity index (χ0v) is 19.3. The van der Waals surface area contributed by atoms with Gasteiger partial charge in [0.05, 0.1) is 5.56 Å². The number of rotatable bonds is 9. The molecule has 3 rings (SSSR count). The lowest BCUT2D eigenvalue weighted by molar-refractivity contribution is -0.140. The summed E-state index contributed by atoms with van der Waals surface area (Å²) in [7, 11) is -4.18. The van der Waals surface area contributed by atoms with E-state index in [0.717, 1.165) is 12.8 Å². The molecular weight excluding hydrogens is 449 g/mol. The van der Waals surface area contributed by atoms with E-state index in [0.29, 0.717) is 16.4 Å². The Hall–Kier alpha value is -3.27. The summed E-state index contributed by atoms with van der Waals surface area (Å²) in [5, 5.41) is 2.75. The van der Waals surface area contributed by atoms with Crippen molar-refractivity contribution < 1.29 is 27.2 Å². The first-order valence-corrected chi connectivity index (χ1v) is 12.1. The SMILES string of the molecule is CCCCNC(=O)[C@H](C)N(Cc1ccc(F)cc1)C(=O)CN1C(=O)c2ccccc2S1(=O)=O. The van der Waals surface area contributed by atoms with E-state index in [1.54, 1.807) is 6.07 Å². The fraction of sp³-hybridized carbons (Fsp3) is 0.348. The van der Waals surface area contributed by atoms with Crippen LogP contribution in [0.2, 0.25) is 0 Å². The van der Waals surface area contributed by atoms with Gasteiger partial charge < -0.3 is 10.2 Å². The average molecular weight is 476 g/mol. The molecule has 0 saturated carbocycles. The van der Waals surface area contributed by atoms with Crippen LogP contribution in [-0.4, -0.2) is 54.5 Å². The largest absolute Gasteiger partial charge is 0.354 e. The highest BCUT2D eigenvalue weighted by atomic mass is 32.2. The predicted molar refractivity (Wildman–Crippen MR) is 119 cm³/mol. The lowest BCUT2D eigenvalue weighted by atomic mass is 10.1. The van der Waals surface area contributed by atoms with Crippen LogP contribution in [-0.2, 0) is 26.2 Å². The second-order valence-electron chi connectivity index (χ2n) is 7.78. The van der Waals surface area contributed by atoms with Gasteiger partial charge >= 0.3 is 0 Å². The van der Waals surface area contributed by atoms with Crippen LogP contribution in [0.25, 0.3) is 0 Å². The van der Waals surface area contributed by atoms with Gasteiger partial charge in [0.1, 0.15) is 23.3 Å². The molecule has 0 saturated heterocycles. The summed E-state index contributed by atoms with van der Waals surface area (Å²) in [4.78, 5) is 39.6. The van der Waals surface area contributed by atoms with Crippen molar-refractivity contribution in [2.45, 2.75) is 44.2 Å². The van der Waals surface area contributed by atoms with Gasteiger partial charge in [-0.05, 0) is 43.2 Å². The smallest absolute Gasteiger partial charge is 0.269 e. The fourth-order valence-corrected chi connectivity index (χ4v) is 5.02. The molecule has 0 aliphatic carbocycles. The maximum atomic E-state index is 13.3. The van der Waals surface area contributed by atoms with Crippen molar-refractivity contribution in [3.05, 3.63) is 65.5 Å². The predicted octanol–water partition coefficient (Wildman–Crippen LogP) is 2.30. The van der Waals surface area contributed by atoms with Crippen LogP contribution in [0.4, 0.5) is 4.39 Å². The topological polar surface area (TPSA) is 104 Å². The number of nitrogens with zero attached hydrogens (tertiary/aromatic N) is 2. The van der Waals surface area contributed by atoms with E-state index in [1.165, 1.54) is 54.3 Å². The fourth-order valence-electron chi connectivity index (χ4n) is 3.51. The van der Waals surface area contributed by atoms with E-state index in [-0.39, 0.29) is 17.0 Å². The number of nitrogens with one attached hydrogen (secondary N) is 1. The van der Waals surface area contributed by atoms with Crippen molar-refractivity contribution in [2.24, 2.45) is 0 Å². The number of carbonyl (C=O) groups is 3. The van der Waals surface area contributed by atoms with Crippen molar-refractivity contribution in [1.29, 1.82) is 0 Å². The van der Waals surface area contributed by atoms with Crippen LogP contribution in [0.15, 0.2) is 53.4 Å². The van der Waals surface area contributed by atoms with Crippen molar-refractivity contribution in [3.63, 3.8) is 0 Å². The standard InChI is InChI=1S/C23H26FN3O5S/c1-3-4-13-25-22(29)16(2)26(14-17-9-11-18(24)12-10-17)21(28)15-27-23(30)19-7-5-6-8-20(19)33(27,31)32/h5-12,16H,3-4,13-15H2,1-2H3,(H,25,29)/t16-/m0/s1. The molecule has 0 aromatic heterocycles. The molecule has 0 bridgehead atoms. The third kappa shape index (κ3) is 5.22. The lowest BCUT2D eigenvalue weighted by Crippen LogP contribution is -2.51. The number of sulfonamides is 1. The second kappa shape index (κ2) is 10.1. The summed E-state index contributed by atoms with van der Waals surface area (Å²) in [6.45, 7) is 3.13. The van der Waals surface area contributed by atoms with Gasteiger partial charge in [-0.15, -0.1) is 0 Å². The first kappa shape index (κ1) is 24.4. The Balaban J connectivity index is 1.85. The van der Waals surface area contributed by atoms with E-state index < -0.39 is 46.1 Å². The molecule has 3 amide bonds. The van der Waals surface area contributed by atoms with Crippen molar-refractivity contribution in [1.82, 2.24) is 14.5 Å². The minimum atomic E-state index is -4.18. The molecule has 1 aliphatic heterocycles. The zero-order valence-electron chi connectivity index (χ0n) is 18.5. The van der Waals surface area contributed by atoms with E-state index in [1.807, 2.05) is 6.92 Å². The maximum absolute atomic E-state index is 13.3. The molecule has 0 fully saturated rings. The third-order valence-corrected chi connectivity index (χ3v) is 7.24. The summed E-state index contributed by atoms with van der Waals surface area (Å²) in [5.41, 5.74) is 0.553. The molecule has 176 valence electrons. The number of carbonyl (C=O) groups excluding carboxylic acids is 3. The highest BCUT2D eigenvalue weighted by Gasteiger charge is 2.43. The molecule has 8 nitrogen and oxygen atoms in total. The Morgan fingerprint density at radius 3 is 2.42 bits per heavy atom. The van der Waals surface area contributed by atoms with Crippen LogP contribution in [0.3, 0.4) is 0 Å². The molecule has 10 heteroatoms. The molecule has 0 spiro atoms. The zero-order chi connectivity index (χ0) is 24.2. The molecule has 33 heavy (non-hydrogen) atoms. The van der Waals surface area contributed by atoms with Crippen LogP contribution < -0.4 is 5.32 Å². The summed E-state index contributed by atoms with van der Waals surface area (Å²) in [5.74, 6) is -2.37. The van der Waals surface area contributed by atoms with Crippen LogP contribution in [0.5, 0.6) is 0 Å². The summed E-state index contributed by atoms with van der Waals surface area (Å²) in [6.07, 6.45) is 1.64. The number of benzene rings is 2. The molecule has 0 unspecified atom stereocenters. The van der Waals surface area contributed by atoms with Gasteiger partial charge in [0.25, 0.3) is 15.9 Å². The molecule has 1 aliphatic rings. The first-order valence-electron chi connectivity index (χ1n) is 10.6. The minimum absolute atomic E-state index is 0.000687. The minimum Gasteiger partial charge on any atom is -0.354 e. The number of hydrogen-bond donors (Lipinski definition) is 1. The number of halogens is 1. The van der Waals surface area contributed by atoms with E-state index >= 15 is 0 Å². The normalized spacial score (nSPS) is 15.1. The van der Waals surface area contributed by atoms with E-state index in [2.05, 4.69) is 5.32 Å². The third-order valence-electron chi connectivity index (χ3n) is 5.45. The Bertz CT molecular complexity index is 1150. The molecule has 1 N–H and O–H groups in total. The highest BCUT2D eigenvalue weighted by Crippen LogP contribution is 2.30. The molecule has 1 heterocycles. The van der Waals surface area contributed by atoms with Crippen LogP contribution in [0, 0.1) is 5.82 Å². The maximum Gasteiger partial charge on any atom is 0.269 e. The Morgan fingerprint density at radius 2 is 1.79 bits per heavy atom. The second-order valence-corrected chi connectivity index (χ2v) is 9.61. The van der Waals surface area contributed by atoms with Gasteiger partial charge in [0.15, 0.2) is 0 Å². The Kier molecular flexibility index (Phi) is 7.47. The molecule has 2 aromatic rings. The number of amides is 3. The molecule has 2 aromatic carbocycles. The highest BCUT2D eigenvalue weighted by molar-refractivity contribution is 7.90. The van der Waals surface area contributed by atoms with Gasteiger partial charge in [-0.1, -0.05) is 37.6 Å². The van der Waals surface area contributed by atoms with Crippen molar-refractivity contribution >= 4 is 27.7 Å². The van der Waals surface area contributed by atoms with Crippen molar-refractivity contribution in [3.8, 4) is 0 Å². The van der Waals surface area contributed by atoms with E-state index in [9.17, 15) is 27.2 Å². The summed E-state index contributed by atoms with van der Waals surface area (Å²) < 4.78 is 39.5. The Labute approximate surface area is 192 Å². The van der Waals surface area contributed by atoms with Gasteiger partial charge in [-0.3, -0.25) is 14.4 Å². The van der Waals surface area contributed by atoms with Crippen LogP contribution >= 0.6 is 0 Å². The van der Waals surface area contributed by atoms with E-state index in [4.69, 9.17) is 0 Å².